The minimum atomic E-state index is -1.20. The Bertz CT molecular complexity index is 349. The van der Waals surface area contributed by atoms with Crippen molar-refractivity contribution in [3.05, 3.63) is 32.5 Å². The normalized spacial score (nSPS) is 9.93. The lowest BCUT2D eigenvalue weighted by molar-refractivity contribution is -0.385. The van der Waals surface area contributed by atoms with Gasteiger partial charge >= 0.3 is 0 Å². The number of nitrogens with zero attached hydrogens (tertiary/aromatic N) is 1. The first kappa shape index (κ1) is 10.8. The minimum Gasteiger partial charge on any atom is -0.459 e. The van der Waals surface area contributed by atoms with Crippen molar-refractivity contribution in [2.75, 3.05) is 6.86 Å². The molecule has 0 aliphatic rings. The molecule has 1 aromatic carbocycles. The van der Waals surface area contributed by atoms with Gasteiger partial charge in [0.2, 0.25) is 6.86 Å². The Kier molecular flexibility index (Phi) is 3.34. The van der Waals surface area contributed by atoms with Crippen molar-refractivity contribution in [3.63, 3.8) is 0 Å². The highest BCUT2D eigenvalue weighted by Crippen LogP contribution is 2.32. The number of non-ortho nitro benzene ring substituents is 1. The molecule has 0 fully saturated rings. The summed E-state index contributed by atoms with van der Waals surface area (Å²) in [6, 6.07) is 1.70. The van der Waals surface area contributed by atoms with E-state index in [2.05, 4.69) is 20.7 Å². The zero-order valence-electron chi connectivity index (χ0n) is 6.67. The largest absolute Gasteiger partial charge is 0.459 e. The standard InChI is InChI=1S/C7H4BrF2NO3/c8-5-1-4(11(12)13)2-6(10)7(5)14-3-9/h1-2H,3H2. The minimum absolute atomic E-state index is 0.00171. The molecule has 14 heavy (non-hydrogen) atoms. The molecule has 7 heteroatoms. The molecule has 4 nitrogen and oxygen atoms in total. The Morgan fingerprint density at radius 2 is 2.21 bits per heavy atom. The van der Waals surface area contributed by atoms with Gasteiger partial charge in [-0.1, -0.05) is 0 Å². The molecule has 0 atom stereocenters. The molecule has 1 rings (SSSR count). The molecule has 0 amide bonds. The van der Waals surface area contributed by atoms with Crippen LogP contribution in [0.1, 0.15) is 0 Å². The number of nitro benzene ring substituents is 1. The highest BCUT2D eigenvalue weighted by Gasteiger charge is 2.16. The van der Waals surface area contributed by atoms with Gasteiger partial charge in [-0.25, -0.2) is 8.78 Å². The summed E-state index contributed by atoms with van der Waals surface area (Å²) >= 11 is 2.83. The van der Waals surface area contributed by atoms with Crippen LogP contribution in [0.3, 0.4) is 0 Å². The van der Waals surface area contributed by atoms with E-state index >= 15 is 0 Å². The summed E-state index contributed by atoms with van der Waals surface area (Å²) < 4.78 is 29.1. The SMILES string of the molecule is O=[N+]([O-])c1cc(F)c(OCF)c(Br)c1. The average Bonchev–Trinajstić information content (AvgIpc) is 2.10. The average molecular weight is 268 g/mol. The van der Waals surface area contributed by atoms with Gasteiger partial charge in [0.1, 0.15) is 0 Å². The van der Waals surface area contributed by atoms with Gasteiger partial charge < -0.3 is 4.74 Å². The van der Waals surface area contributed by atoms with Gasteiger partial charge in [-0.2, -0.15) is 0 Å². The summed E-state index contributed by atoms with van der Waals surface area (Å²) in [6.45, 7) is -1.20. The summed E-state index contributed by atoms with van der Waals surface area (Å²) in [4.78, 5) is 9.52. The summed E-state index contributed by atoms with van der Waals surface area (Å²) in [7, 11) is 0. The number of halogens is 3. The molecule has 0 N–H and O–H groups in total. The number of rotatable bonds is 3. The molecule has 0 aromatic heterocycles. The Labute approximate surface area is 85.8 Å². The Morgan fingerprint density at radius 1 is 1.57 bits per heavy atom. The highest BCUT2D eigenvalue weighted by atomic mass is 79.9. The van der Waals surface area contributed by atoms with Crippen LogP contribution in [0.25, 0.3) is 0 Å². The number of benzene rings is 1. The van der Waals surface area contributed by atoms with E-state index in [1.54, 1.807) is 0 Å². The Morgan fingerprint density at radius 3 is 2.64 bits per heavy atom. The maximum Gasteiger partial charge on any atom is 0.273 e. The number of alkyl halides is 1. The van der Waals surface area contributed by atoms with Gasteiger partial charge in [-0.3, -0.25) is 10.1 Å². The fourth-order valence-electron chi connectivity index (χ4n) is 0.844. The fraction of sp³-hybridized carbons (Fsp3) is 0.143. The quantitative estimate of drug-likeness (QED) is 0.625. The third-order valence-corrected chi connectivity index (χ3v) is 1.98. The number of hydrogen-bond acceptors (Lipinski definition) is 3. The van der Waals surface area contributed by atoms with E-state index in [0.29, 0.717) is 6.07 Å². The predicted molar refractivity (Wildman–Crippen MR) is 47.4 cm³/mol. The number of nitro groups is 1. The van der Waals surface area contributed by atoms with Crippen molar-refractivity contribution < 1.29 is 18.4 Å². The molecule has 0 bridgehead atoms. The first-order chi connectivity index (χ1) is 6.56. The van der Waals surface area contributed by atoms with Crippen LogP contribution in [0.2, 0.25) is 0 Å². The number of ether oxygens (including phenoxy) is 1. The van der Waals surface area contributed by atoms with Crippen LogP contribution >= 0.6 is 15.9 Å². The van der Waals surface area contributed by atoms with Crippen LogP contribution in [0, 0.1) is 15.9 Å². The van der Waals surface area contributed by atoms with Crippen LogP contribution < -0.4 is 4.74 Å². The van der Waals surface area contributed by atoms with Crippen molar-refractivity contribution in [1.29, 1.82) is 0 Å². The Hall–Kier alpha value is -1.24. The summed E-state index contributed by atoms with van der Waals surface area (Å²) in [6.07, 6.45) is 0. The predicted octanol–water partition coefficient (Wildman–Crippen LogP) is 2.80. The molecule has 76 valence electrons. The van der Waals surface area contributed by atoms with Gasteiger partial charge in [0.15, 0.2) is 11.6 Å². The second-order valence-electron chi connectivity index (χ2n) is 2.25. The van der Waals surface area contributed by atoms with Crippen molar-refractivity contribution in [1.82, 2.24) is 0 Å². The topological polar surface area (TPSA) is 52.4 Å². The van der Waals surface area contributed by atoms with Gasteiger partial charge in [-0.15, -0.1) is 0 Å². The van der Waals surface area contributed by atoms with Crippen molar-refractivity contribution >= 4 is 21.6 Å². The van der Waals surface area contributed by atoms with Gasteiger partial charge in [-0.05, 0) is 15.9 Å². The molecule has 0 heterocycles. The van der Waals surface area contributed by atoms with Gasteiger partial charge in [0.25, 0.3) is 5.69 Å². The van der Waals surface area contributed by atoms with E-state index in [9.17, 15) is 18.9 Å². The molecule has 0 aliphatic carbocycles. The van der Waals surface area contributed by atoms with E-state index in [1.165, 1.54) is 0 Å². The van der Waals surface area contributed by atoms with E-state index in [4.69, 9.17) is 0 Å². The smallest absolute Gasteiger partial charge is 0.273 e. The van der Waals surface area contributed by atoms with E-state index in [0.717, 1.165) is 6.07 Å². The lowest BCUT2D eigenvalue weighted by Gasteiger charge is -2.04. The molecule has 0 unspecified atom stereocenters. The molecular formula is C7H4BrF2NO3. The van der Waals surface area contributed by atoms with Crippen LogP contribution in [-0.4, -0.2) is 11.8 Å². The van der Waals surface area contributed by atoms with Crippen molar-refractivity contribution in [2.45, 2.75) is 0 Å². The molecule has 1 aromatic rings. The molecule has 0 saturated heterocycles. The monoisotopic (exact) mass is 267 g/mol. The summed E-state index contributed by atoms with van der Waals surface area (Å²) in [5.41, 5.74) is -0.430. The molecule has 0 aliphatic heterocycles. The lowest BCUT2D eigenvalue weighted by atomic mass is 10.3. The van der Waals surface area contributed by atoms with E-state index in [1.807, 2.05) is 0 Å². The van der Waals surface area contributed by atoms with E-state index in [-0.39, 0.29) is 10.2 Å². The number of hydrogen-bond donors (Lipinski definition) is 0. The van der Waals surface area contributed by atoms with Crippen LogP contribution in [-0.2, 0) is 0 Å². The molecule has 0 radical (unpaired) electrons. The maximum atomic E-state index is 13.0. The second-order valence-corrected chi connectivity index (χ2v) is 3.10. The third kappa shape index (κ3) is 2.16. The zero-order chi connectivity index (χ0) is 10.7. The maximum absolute atomic E-state index is 13.0. The van der Waals surface area contributed by atoms with Crippen LogP contribution in [0.5, 0.6) is 5.75 Å². The zero-order valence-corrected chi connectivity index (χ0v) is 8.25. The lowest BCUT2D eigenvalue weighted by Crippen LogP contribution is -1.97. The Balaban J connectivity index is 3.18. The van der Waals surface area contributed by atoms with Crippen LogP contribution in [0.4, 0.5) is 14.5 Å². The summed E-state index contributed by atoms with van der Waals surface area (Å²) in [5.74, 6) is -1.36. The molecule has 0 spiro atoms. The first-order valence-electron chi connectivity index (χ1n) is 3.38. The molecular weight excluding hydrogens is 264 g/mol. The first-order valence-corrected chi connectivity index (χ1v) is 4.17. The highest BCUT2D eigenvalue weighted by molar-refractivity contribution is 9.10. The summed E-state index contributed by atoms with van der Waals surface area (Å²) in [5, 5.41) is 10.3. The van der Waals surface area contributed by atoms with Gasteiger partial charge in [0.05, 0.1) is 15.5 Å². The second kappa shape index (κ2) is 4.32. The third-order valence-electron chi connectivity index (χ3n) is 1.39. The van der Waals surface area contributed by atoms with Gasteiger partial charge in [0, 0.05) is 6.07 Å². The van der Waals surface area contributed by atoms with E-state index < -0.39 is 23.3 Å². The van der Waals surface area contributed by atoms with Crippen molar-refractivity contribution in [2.24, 2.45) is 0 Å². The van der Waals surface area contributed by atoms with Crippen LogP contribution in [0.15, 0.2) is 16.6 Å². The fourth-order valence-corrected chi connectivity index (χ4v) is 1.38. The molecule has 0 saturated carbocycles. The van der Waals surface area contributed by atoms with Crippen molar-refractivity contribution in [3.8, 4) is 5.75 Å².